The number of aryl methyl sites for hydroxylation is 2. The van der Waals surface area contributed by atoms with Gasteiger partial charge in [-0.3, -0.25) is 0 Å². The van der Waals surface area contributed by atoms with E-state index in [-0.39, 0.29) is 6.04 Å². The molecule has 18 heavy (non-hydrogen) atoms. The number of hydrogen-bond acceptors (Lipinski definition) is 3. The van der Waals surface area contributed by atoms with Gasteiger partial charge in [-0.25, -0.2) is 0 Å². The second kappa shape index (κ2) is 5.55. The Balaban J connectivity index is 2.39. The molecule has 1 aromatic carbocycles. The number of nitrogens with one attached hydrogen (secondary N) is 1. The van der Waals surface area contributed by atoms with Gasteiger partial charge in [0.1, 0.15) is 5.75 Å². The zero-order valence-corrected chi connectivity index (χ0v) is 12.1. The predicted molar refractivity (Wildman–Crippen MR) is 77.7 cm³/mol. The first-order chi connectivity index (χ1) is 8.65. The van der Waals surface area contributed by atoms with Crippen LogP contribution < -0.4 is 10.1 Å². The van der Waals surface area contributed by atoms with Crippen LogP contribution in [0.2, 0.25) is 0 Å². The van der Waals surface area contributed by atoms with Gasteiger partial charge in [-0.1, -0.05) is 6.07 Å². The lowest BCUT2D eigenvalue weighted by Crippen LogP contribution is -2.17. The third-order valence-electron chi connectivity index (χ3n) is 3.12. The van der Waals surface area contributed by atoms with Gasteiger partial charge in [0.05, 0.1) is 13.2 Å². The first kappa shape index (κ1) is 13.1. The number of ether oxygens (including phenoxy) is 1. The summed E-state index contributed by atoms with van der Waals surface area (Å²) in [6.45, 7) is 4.27. The van der Waals surface area contributed by atoms with Crippen LogP contribution in [0.25, 0.3) is 0 Å². The first-order valence-electron chi connectivity index (χ1n) is 6.04. The minimum absolute atomic E-state index is 0.259. The molecule has 1 aromatic heterocycles. The third kappa shape index (κ3) is 2.57. The second-order valence-corrected chi connectivity index (χ2v) is 5.71. The number of thiophene rings is 1. The number of benzene rings is 1. The van der Waals surface area contributed by atoms with Crippen LogP contribution >= 0.6 is 11.3 Å². The van der Waals surface area contributed by atoms with Crippen molar-refractivity contribution < 1.29 is 4.74 Å². The summed E-state index contributed by atoms with van der Waals surface area (Å²) in [6, 6.07) is 10.9. The molecule has 1 unspecified atom stereocenters. The van der Waals surface area contributed by atoms with Crippen molar-refractivity contribution in [2.45, 2.75) is 19.9 Å². The molecule has 0 bridgehead atoms. The fourth-order valence-corrected chi connectivity index (χ4v) is 3.17. The highest BCUT2D eigenvalue weighted by Gasteiger charge is 2.16. The SMILES string of the molecule is CNC(c1ccc(C)s1)c1ccc(OC)cc1C. The predicted octanol–water partition coefficient (Wildman–Crippen LogP) is 3.68. The molecule has 2 nitrogen and oxygen atoms in total. The van der Waals surface area contributed by atoms with Gasteiger partial charge in [0.15, 0.2) is 0 Å². The number of hydrogen-bond donors (Lipinski definition) is 1. The molecule has 1 N–H and O–H groups in total. The van der Waals surface area contributed by atoms with Gasteiger partial charge in [-0.15, -0.1) is 11.3 Å². The summed E-state index contributed by atoms with van der Waals surface area (Å²) in [5.74, 6) is 0.911. The van der Waals surface area contributed by atoms with Gasteiger partial charge >= 0.3 is 0 Å². The smallest absolute Gasteiger partial charge is 0.119 e. The molecule has 0 saturated heterocycles. The van der Waals surface area contributed by atoms with Gasteiger partial charge in [0, 0.05) is 9.75 Å². The van der Waals surface area contributed by atoms with Crippen molar-refractivity contribution in [2.75, 3.05) is 14.2 Å². The maximum atomic E-state index is 5.26. The van der Waals surface area contributed by atoms with E-state index in [1.807, 2.05) is 24.5 Å². The molecular weight excluding hydrogens is 242 g/mol. The van der Waals surface area contributed by atoms with Crippen LogP contribution in [0.1, 0.15) is 26.9 Å². The van der Waals surface area contributed by atoms with E-state index in [9.17, 15) is 0 Å². The van der Waals surface area contributed by atoms with Crippen LogP contribution in [0.4, 0.5) is 0 Å². The molecule has 96 valence electrons. The molecule has 0 fully saturated rings. The summed E-state index contributed by atoms with van der Waals surface area (Å²) in [5, 5.41) is 3.40. The fraction of sp³-hybridized carbons (Fsp3) is 0.333. The highest BCUT2D eigenvalue weighted by molar-refractivity contribution is 7.12. The fourth-order valence-electron chi connectivity index (χ4n) is 2.16. The zero-order valence-electron chi connectivity index (χ0n) is 11.3. The molecule has 0 aliphatic rings. The topological polar surface area (TPSA) is 21.3 Å². The van der Waals surface area contributed by atoms with Crippen LogP contribution in [-0.2, 0) is 0 Å². The Morgan fingerprint density at radius 3 is 2.44 bits per heavy atom. The van der Waals surface area contributed by atoms with E-state index in [2.05, 4.69) is 43.4 Å². The van der Waals surface area contributed by atoms with E-state index < -0.39 is 0 Å². The van der Waals surface area contributed by atoms with Crippen molar-refractivity contribution >= 4 is 11.3 Å². The third-order valence-corrected chi connectivity index (χ3v) is 4.19. The Hall–Kier alpha value is -1.32. The maximum Gasteiger partial charge on any atom is 0.119 e. The molecule has 1 atom stereocenters. The van der Waals surface area contributed by atoms with Crippen molar-refractivity contribution in [3.63, 3.8) is 0 Å². The van der Waals surface area contributed by atoms with Crippen molar-refractivity contribution in [2.24, 2.45) is 0 Å². The molecule has 0 aliphatic carbocycles. The van der Waals surface area contributed by atoms with E-state index >= 15 is 0 Å². The summed E-state index contributed by atoms with van der Waals surface area (Å²) in [6.07, 6.45) is 0. The Morgan fingerprint density at radius 1 is 1.17 bits per heavy atom. The summed E-state index contributed by atoms with van der Waals surface area (Å²) in [7, 11) is 3.70. The quantitative estimate of drug-likeness (QED) is 0.906. The van der Waals surface area contributed by atoms with E-state index in [1.54, 1.807) is 7.11 Å². The van der Waals surface area contributed by atoms with Gasteiger partial charge in [0.25, 0.3) is 0 Å². The van der Waals surface area contributed by atoms with Gasteiger partial charge < -0.3 is 10.1 Å². The molecule has 3 heteroatoms. The zero-order chi connectivity index (χ0) is 13.1. The Labute approximate surface area is 113 Å². The molecule has 0 spiro atoms. The van der Waals surface area contributed by atoms with Gasteiger partial charge in [0.2, 0.25) is 0 Å². The molecular formula is C15H19NOS. The maximum absolute atomic E-state index is 5.26. The van der Waals surface area contributed by atoms with E-state index in [1.165, 1.54) is 20.9 Å². The lowest BCUT2D eigenvalue weighted by atomic mass is 10.00. The largest absolute Gasteiger partial charge is 0.497 e. The van der Waals surface area contributed by atoms with Crippen molar-refractivity contribution in [1.82, 2.24) is 5.32 Å². The average Bonchev–Trinajstić information content (AvgIpc) is 2.78. The van der Waals surface area contributed by atoms with Crippen molar-refractivity contribution in [3.05, 3.63) is 51.2 Å². The van der Waals surface area contributed by atoms with Crippen molar-refractivity contribution in [3.8, 4) is 5.75 Å². The van der Waals surface area contributed by atoms with Crippen molar-refractivity contribution in [1.29, 1.82) is 0 Å². The first-order valence-corrected chi connectivity index (χ1v) is 6.85. The van der Waals surface area contributed by atoms with Crippen LogP contribution in [-0.4, -0.2) is 14.2 Å². The normalized spacial score (nSPS) is 12.4. The lowest BCUT2D eigenvalue weighted by molar-refractivity contribution is 0.414. The van der Waals surface area contributed by atoms with Crippen LogP contribution in [0, 0.1) is 13.8 Å². The van der Waals surface area contributed by atoms with E-state index in [4.69, 9.17) is 4.74 Å². The van der Waals surface area contributed by atoms with Gasteiger partial charge in [-0.2, -0.15) is 0 Å². The summed E-state index contributed by atoms with van der Waals surface area (Å²) in [5.41, 5.74) is 2.56. The molecule has 0 amide bonds. The molecule has 0 radical (unpaired) electrons. The van der Waals surface area contributed by atoms with E-state index in [0.717, 1.165) is 5.75 Å². The molecule has 1 heterocycles. The number of rotatable bonds is 4. The highest BCUT2D eigenvalue weighted by atomic mass is 32.1. The monoisotopic (exact) mass is 261 g/mol. The van der Waals surface area contributed by atoms with Crippen LogP contribution in [0.3, 0.4) is 0 Å². The lowest BCUT2D eigenvalue weighted by Gasteiger charge is -2.18. The Kier molecular flexibility index (Phi) is 4.04. The minimum Gasteiger partial charge on any atom is -0.497 e. The Bertz CT molecular complexity index is 533. The number of methoxy groups -OCH3 is 1. The molecule has 2 rings (SSSR count). The highest BCUT2D eigenvalue weighted by Crippen LogP contribution is 2.31. The standard InChI is InChI=1S/C15H19NOS/c1-10-9-12(17-4)6-7-13(10)15(16-3)14-8-5-11(2)18-14/h5-9,15-16H,1-4H3. The summed E-state index contributed by atoms with van der Waals surface area (Å²) in [4.78, 5) is 2.69. The molecule has 2 aromatic rings. The van der Waals surface area contributed by atoms with Crippen LogP contribution in [0.5, 0.6) is 5.75 Å². The van der Waals surface area contributed by atoms with E-state index in [0.29, 0.717) is 0 Å². The molecule has 0 saturated carbocycles. The summed E-state index contributed by atoms with van der Waals surface area (Å²) >= 11 is 1.84. The molecule has 0 aliphatic heterocycles. The van der Waals surface area contributed by atoms with Gasteiger partial charge in [-0.05, 0) is 56.3 Å². The minimum atomic E-state index is 0.259. The second-order valence-electron chi connectivity index (χ2n) is 4.39. The Morgan fingerprint density at radius 2 is 1.94 bits per heavy atom. The summed E-state index contributed by atoms with van der Waals surface area (Å²) < 4.78 is 5.26. The average molecular weight is 261 g/mol. The van der Waals surface area contributed by atoms with Crippen LogP contribution in [0.15, 0.2) is 30.3 Å².